The molecule has 0 radical (unpaired) electrons. The smallest absolute Gasteiger partial charge is 0.257 e. The predicted molar refractivity (Wildman–Crippen MR) is 71.0 cm³/mol. The Morgan fingerprint density at radius 3 is 2.83 bits per heavy atom. The van der Waals surface area contributed by atoms with E-state index in [1.165, 1.54) is 6.07 Å². The van der Waals surface area contributed by atoms with Crippen LogP contribution < -0.4 is 0 Å². The summed E-state index contributed by atoms with van der Waals surface area (Å²) in [5.74, 6) is -0.103. The van der Waals surface area contributed by atoms with Crippen LogP contribution in [0.2, 0.25) is 10.3 Å². The number of likely N-dealkylation sites (tertiary alicyclic amines) is 1. The highest BCUT2D eigenvalue weighted by Gasteiger charge is 2.34. The van der Waals surface area contributed by atoms with Gasteiger partial charge in [-0.1, -0.05) is 30.1 Å². The number of aromatic nitrogens is 2. The molecule has 18 heavy (non-hydrogen) atoms. The number of carbonyl (C=O) groups excluding carboxylic acids is 1. The first-order chi connectivity index (χ1) is 8.54. The lowest BCUT2D eigenvalue weighted by Gasteiger charge is -2.28. The van der Waals surface area contributed by atoms with Crippen molar-refractivity contribution >= 4 is 29.1 Å². The maximum absolute atomic E-state index is 12.5. The van der Waals surface area contributed by atoms with Crippen molar-refractivity contribution in [2.45, 2.75) is 45.2 Å². The average molecular weight is 288 g/mol. The van der Waals surface area contributed by atoms with Crippen LogP contribution in [0.5, 0.6) is 0 Å². The van der Waals surface area contributed by atoms with Gasteiger partial charge >= 0.3 is 0 Å². The zero-order chi connectivity index (χ0) is 13.3. The van der Waals surface area contributed by atoms with Crippen molar-refractivity contribution in [2.75, 3.05) is 0 Å². The molecule has 1 aromatic rings. The zero-order valence-corrected chi connectivity index (χ0v) is 11.9. The summed E-state index contributed by atoms with van der Waals surface area (Å²) in [5, 5.41) is 7.59. The molecule has 1 fully saturated rings. The number of carbonyl (C=O) groups is 1. The van der Waals surface area contributed by atoms with Gasteiger partial charge in [-0.05, 0) is 32.3 Å². The van der Waals surface area contributed by atoms with Gasteiger partial charge in [-0.15, -0.1) is 10.2 Å². The molecule has 98 valence electrons. The Morgan fingerprint density at radius 2 is 2.17 bits per heavy atom. The van der Waals surface area contributed by atoms with Crippen LogP contribution in [0, 0.1) is 0 Å². The van der Waals surface area contributed by atoms with Gasteiger partial charge in [0.2, 0.25) is 0 Å². The van der Waals surface area contributed by atoms with Crippen LogP contribution >= 0.6 is 23.2 Å². The van der Waals surface area contributed by atoms with Gasteiger partial charge in [-0.3, -0.25) is 4.79 Å². The first-order valence-electron chi connectivity index (χ1n) is 6.06. The van der Waals surface area contributed by atoms with E-state index in [9.17, 15) is 4.79 Å². The Bertz CT molecular complexity index is 467. The molecule has 1 aliphatic heterocycles. The molecule has 2 heterocycles. The summed E-state index contributed by atoms with van der Waals surface area (Å²) in [5.41, 5.74) is 0.337. The maximum atomic E-state index is 12.5. The Labute approximate surface area is 116 Å². The van der Waals surface area contributed by atoms with E-state index in [2.05, 4.69) is 24.0 Å². The molecular weight excluding hydrogens is 273 g/mol. The van der Waals surface area contributed by atoms with Crippen molar-refractivity contribution in [3.05, 3.63) is 21.9 Å². The second kappa shape index (κ2) is 5.41. The molecule has 4 nitrogen and oxygen atoms in total. The quantitative estimate of drug-likeness (QED) is 0.839. The van der Waals surface area contributed by atoms with E-state index in [0.717, 1.165) is 19.3 Å². The van der Waals surface area contributed by atoms with E-state index < -0.39 is 0 Å². The van der Waals surface area contributed by atoms with Crippen LogP contribution in [0.1, 0.15) is 43.5 Å². The Kier molecular flexibility index (Phi) is 4.07. The van der Waals surface area contributed by atoms with Crippen molar-refractivity contribution in [3.8, 4) is 0 Å². The van der Waals surface area contributed by atoms with Crippen molar-refractivity contribution in [1.82, 2.24) is 15.1 Å². The van der Waals surface area contributed by atoms with Crippen LogP contribution in [-0.4, -0.2) is 33.1 Å². The van der Waals surface area contributed by atoms with Gasteiger partial charge < -0.3 is 4.90 Å². The molecule has 0 N–H and O–H groups in total. The monoisotopic (exact) mass is 287 g/mol. The molecule has 2 rings (SSSR count). The highest BCUT2D eigenvalue weighted by atomic mass is 35.5. The average Bonchev–Trinajstić information content (AvgIpc) is 2.72. The summed E-state index contributed by atoms with van der Waals surface area (Å²) >= 11 is 11.7. The number of hydrogen-bond donors (Lipinski definition) is 0. The SMILES string of the molecule is CCC1CCC(C)N1C(=O)c1cc(Cl)nnc1Cl. The fraction of sp³-hybridized carbons (Fsp3) is 0.583. The molecule has 2 atom stereocenters. The maximum Gasteiger partial charge on any atom is 0.257 e. The Balaban J connectivity index is 2.32. The number of rotatable bonds is 2. The van der Waals surface area contributed by atoms with E-state index in [1.807, 2.05) is 4.90 Å². The molecule has 1 aliphatic rings. The molecule has 0 spiro atoms. The van der Waals surface area contributed by atoms with Gasteiger partial charge in [0.25, 0.3) is 5.91 Å². The molecule has 6 heteroatoms. The molecule has 0 aliphatic carbocycles. The van der Waals surface area contributed by atoms with Crippen molar-refractivity contribution in [1.29, 1.82) is 0 Å². The lowest BCUT2D eigenvalue weighted by molar-refractivity contribution is 0.0676. The van der Waals surface area contributed by atoms with E-state index in [-0.39, 0.29) is 28.3 Å². The van der Waals surface area contributed by atoms with E-state index >= 15 is 0 Å². The summed E-state index contributed by atoms with van der Waals surface area (Å²) in [7, 11) is 0. The van der Waals surface area contributed by atoms with E-state index in [0.29, 0.717) is 5.56 Å². The Morgan fingerprint density at radius 1 is 1.44 bits per heavy atom. The number of halogens is 2. The van der Waals surface area contributed by atoms with E-state index in [4.69, 9.17) is 23.2 Å². The largest absolute Gasteiger partial charge is 0.333 e. The lowest BCUT2D eigenvalue weighted by Crippen LogP contribution is -2.39. The third kappa shape index (κ3) is 2.45. The molecule has 2 unspecified atom stereocenters. The molecule has 1 aromatic heterocycles. The van der Waals surface area contributed by atoms with Crippen molar-refractivity contribution in [2.24, 2.45) is 0 Å². The van der Waals surface area contributed by atoms with Crippen LogP contribution in [-0.2, 0) is 0 Å². The minimum absolute atomic E-state index is 0.103. The second-order valence-corrected chi connectivity index (χ2v) is 5.32. The van der Waals surface area contributed by atoms with Crippen LogP contribution in [0.3, 0.4) is 0 Å². The molecular formula is C12H15Cl2N3O. The molecule has 0 aromatic carbocycles. The highest BCUT2D eigenvalue weighted by molar-refractivity contribution is 6.34. The standard InChI is InChI=1S/C12H15Cl2N3O/c1-3-8-5-4-7(2)17(8)12(18)9-6-10(13)15-16-11(9)14/h6-8H,3-5H2,1-2H3. The first-order valence-corrected chi connectivity index (χ1v) is 6.81. The van der Waals surface area contributed by atoms with Crippen molar-refractivity contribution < 1.29 is 4.79 Å². The summed E-state index contributed by atoms with van der Waals surface area (Å²) in [6, 6.07) is 1.98. The fourth-order valence-electron chi connectivity index (χ4n) is 2.48. The third-order valence-electron chi connectivity index (χ3n) is 3.44. The normalized spacial score (nSPS) is 23.4. The van der Waals surface area contributed by atoms with Gasteiger partial charge in [-0.25, -0.2) is 0 Å². The third-order valence-corrected chi connectivity index (χ3v) is 3.91. The molecule has 0 bridgehead atoms. The summed E-state index contributed by atoms with van der Waals surface area (Å²) in [6.45, 7) is 4.14. The molecule has 1 saturated heterocycles. The van der Waals surface area contributed by atoms with Crippen molar-refractivity contribution in [3.63, 3.8) is 0 Å². The van der Waals surface area contributed by atoms with Gasteiger partial charge in [-0.2, -0.15) is 0 Å². The van der Waals surface area contributed by atoms with Gasteiger partial charge in [0.15, 0.2) is 10.3 Å². The molecule has 0 saturated carbocycles. The van der Waals surface area contributed by atoms with Gasteiger partial charge in [0.1, 0.15) is 0 Å². The minimum atomic E-state index is -0.103. The number of amides is 1. The van der Waals surface area contributed by atoms with Gasteiger partial charge in [0.05, 0.1) is 5.56 Å². The van der Waals surface area contributed by atoms with Gasteiger partial charge in [0, 0.05) is 12.1 Å². The fourth-order valence-corrected chi connectivity index (χ4v) is 2.80. The van der Waals surface area contributed by atoms with Crippen LogP contribution in [0.4, 0.5) is 0 Å². The van der Waals surface area contributed by atoms with E-state index in [1.54, 1.807) is 0 Å². The summed E-state index contributed by atoms with van der Waals surface area (Å²) < 4.78 is 0. The summed E-state index contributed by atoms with van der Waals surface area (Å²) in [4.78, 5) is 14.4. The van der Waals surface area contributed by atoms with Crippen LogP contribution in [0.25, 0.3) is 0 Å². The highest BCUT2D eigenvalue weighted by Crippen LogP contribution is 2.29. The first kappa shape index (κ1) is 13.6. The second-order valence-electron chi connectivity index (χ2n) is 4.57. The lowest BCUT2D eigenvalue weighted by atomic mass is 10.1. The van der Waals surface area contributed by atoms with Crippen LogP contribution in [0.15, 0.2) is 6.07 Å². The zero-order valence-electron chi connectivity index (χ0n) is 10.4. The molecule has 1 amide bonds. The minimum Gasteiger partial charge on any atom is -0.333 e. The Hall–Kier alpha value is -0.870. The number of nitrogens with zero attached hydrogens (tertiary/aromatic N) is 3. The number of hydrogen-bond acceptors (Lipinski definition) is 3. The topological polar surface area (TPSA) is 46.1 Å². The predicted octanol–water partition coefficient (Wildman–Crippen LogP) is 3.19. The summed E-state index contributed by atoms with van der Waals surface area (Å²) in [6.07, 6.45) is 3.00.